The third-order valence-electron chi connectivity index (χ3n) is 17.2. The molecule has 11 rings (SSSR count). The summed E-state index contributed by atoms with van der Waals surface area (Å²) >= 11 is 0. The number of carbonyl (C=O) groups is 2. The molecule has 12 nitrogen and oxygen atoms in total. The van der Waals surface area contributed by atoms with Gasteiger partial charge in [0.2, 0.25) is 0 Å². The van der Waals surface area contributed by atoms with Crippen LogP contribution < -0.4 is 42.5 Å². The van der Waals surface area contributed by atoms with Gasteiger partial charge in [0.05, 0.1) is 60.5 Å². The number of fused-ring (bicyclic) bond motifs is 20. The number of rotatable bonds is 4. The molecule has 18 unspecified atom stereocenters. The van der Waals surface area contributed by atoms with Crippen LogP contribution in [-0.2, 0) is 0 Å². The van der Waals surface area contributed by atoms with Gasteiger partial charge in [-0.15, -0.1) is 0 Å². The van der Waals surface area contributed by atoms with Crippen molar-refractivity contribution in [3.63, 3.8) is 0 Å². The lowest BCUT2D eigenvalue weighted by Gasteiger charge is -2.44. The Hall–Kier alpha value is -2.94. The van der Waals surface area contributed by atoms with E-state index in [4.69, 9.17) is 0 Å². The molecule has 2 aromatic rings. The van der Waals surface area contributed by atoms with Crippen LogP contribution in [0.15, 0.2) is 48.5 Å². The zero-order valence-corrected chi connectivity index (χ0v) is 33.6. The Kier molecular flexibility index (Phi) is 10.2. The molecule has 8 bridgehead atoms. The summed E-state index contributed by atoms with van der Waals surface area (Å²) in [4.78, 5) is 23.9. The van der Waals surface area contributed by atoms with Gasteiger partial charge in [-0.25, -0.2) is 9.59 Å². The number of nitrogens with one attached hydrogen (secondary N) is 8. The minimum atomic E-state index is -0.915. The van der Waals surface area contributed by atoms with Crippen LogP contribution >= 0.6 is 0 Å². The SMILES string of the molecule is O=C(O)c1ccc(C2CCC3C4NC5NC(NC6NC(NC7NC(NC(N4)C3C2c2ccc(C(=O)O)cc2)C2CCCCC72)C2CCCCC62)C2CCCCC52)cc1. The molecule has 2 aromatic carbocycles. The summed E-state index contributed by atoms with van der Waals surface area (Å²) in [7, 11) is 0. The third-order valence-corrected chi connectivity index (χ3v) is 17.2. The monoisotopic (exact) mass is 793 g/mol. The third kappa shape index (κ3) is 6.65. The van der Waals surface area contributed by atoms with Crippen molar-refractivity contribution in [1.29, 1.82) is 0 Å². The molecule has 5 aliphatic heterocycles. The van der Waals surface area contributed by atoms with E-state index in [9.17, 15) is 19.8 Å². The van der Waals surface area contributed by atoms with E-state index in [1.807, 2.05) is 12.1 Å². The number of hydrogen-bond acceptors (Lipinski definition) is 10. The van der Waals surface area contributed by atoms with Crippen LogP contribution in [-0.4, -0.2) is 71.5 Å². The van der Waals surface area contributed by atoms with Gasteiger partial charge in [0.25, 0.3) is 0 Å². The van der Waals surface area contributed by atoms with Crippen molar-refractivity contribution in [2.24, 2.45) is 47.3 Å². The number of hydrogen-bond donors (Lipinski definition) is 10. The zero-order valence-electron chi connectivity index (χ0n) is 33.6. The molecule has 4 saturated carbocycles. The van der Waals surface area contributed by atoms with Crippen LogP contribution in [0.25, 0.3) is 0 Å². The molecule has 12 heteroatoms. The minimum Gasteiger partial charge on any atom is -0.478 e. The van der Waals surface area contributed by atoms with Gasteiger partial charge in [-0.2, -0.15) is 0 Å². The molecule has 0 radical (unpaired) electrons. The van der Waals surface area contributed by atoms with Crippen molar-refractivity contribution in [2.45, 2.75) is 151 Å². The van der Waals surface area contributed by atoms with Crippen molar-refractivity contribution in [3.05, 3.63) is 70.8 Å². The predicted molar refractivity (Wildman–Crippen MR) is 220 cm³/mol. The van der Waals surface area contributed by atoms with Crippen LogP contribution in [0.4, 0.5) is 0 Å². The zero-order chi connectivity index (χ0) is 39.1. The Morgan fingerprint density at radius 2 is 0.690 bits per heavy atom. The fraction of sp³-hybridized carbons (Fsp3) is 0.696. The van der Waals surface area contributed by atoms with Crippen LogP contribution in [0.3, 0.4) is 0 Å². The van der Waals surface area contributed by atoms with Crippen LogP contribution in [0.1, 0.15) is 134 Å². The summed E-state index contributed by atoms with van der Waals surface area (Å²) in [5.74, 6) is 2.48. The second-order valence-electron chi connectivity index (χ2n) is 19.8. The van der Waals surface area contributed by atoms with E-state index < -0.39 is 11.9 Å². The molecule has 58 heavy (non-hydrogen) atoms. The first-order valence-electron chi connectivity index (χ1n) is 23.1. The highest BCUT2D eigenvalue weighted by molar-refractivity contribution is 5.88. The lowest BCUT2D eigenvalue weighted by atomic mass is 9.62. The highest BCUT2D eigenvalue weighted by Crippen LogP contribution is 2.54. The number of carboxylic acids is 2. The Morgan fingerprint density at radius 1 is 0.379 bits per heavy atom. The van der Waals surface area contributed by atoms with Gasteiger partial charge in [-0.1, -0.05) is 62.8 Å². The van der Waals surface area contributed by atoms with E-state index in [1.54, 1.807) is 24.3 Å². The Balaban J connectivity index is 0.985. The first-order valence-corrected chi connectivity index (χ1v) is 23.1. The second kappa shape index (κ2) is 15.5. The number of carboxylic acid groups (broad SMARTS) is 2. The van der Waals surface area contributed by atoms with Crippen LogP contribution in [0, 0.1) is 47.3 Å². The first-order chi connectivity index (χ1) is 28.4. The molecule has 0 spiro atoms. The summed E-state index contributed by atoms with van der Waals surface area (Å²) in [6.45, 7) is 0. The highest BCUT2D eigenvalue weighted by Gasteiger charge is 2.57. The van der Waals surface area contributed by atoms with Crippen LogP contribution in [0.5, 0.6) is 0 Å². The molecule has 0 amide bonds. The van der Waals surface area contributed by atoms with Gasteiger partial charge in [-0.3, -0.25) is 42.5 Å². The molecule has 9 fully saturated rings. The van der Waals surface area contributed by atoms with E-state index in [0.717, 1.165) is 24.0 Å². The fourth-order valence-corrected chi connectivity index (χ4v) is 14.6. The quantitative estimate of drug-likeness (QED) is 0.206. The maximum Gasteiger partial charge on any atom is 0.335 e. The maximum atomic E-state index is 12.0. The van der Waals surface area contributed by atoms with Gasteiger partial charge in [-0.05, 0) is 140 Å². The summed E-state index contributed by atoms with van der Waals surface area (Å²) < 4.78 is 0. The van der Waals surface area contributed by atoms with Gasteiger partial charge in [0.1, 0.15) is 0 Å². The lowest BCUT2D eigenvalue weighted by Crippen LogP contribution is -2.61. The van der Waals surface area contributed by atoms with Crippen molar-refractivity contribution in [3.8, 4) is 0 Å². The summed E-state index contributed by atoms with van der Waals surface area (Å²) in [6.07, 6.45) is 18.9. The largest absolute Gasteiger partial charge is 0.478 e. The van der Waals surface area contributed by atoms with Crippen molar-refractivity contribution < 1.29 is 19.8 Å². The Morgan fingerprint density at radius 3 is 1.03 bits per heavy atom. The predicted octanol–water partition coefficient (Wildman–Crippen LogP) is 4.79. The Bertz CT molecular complexity index is 1830. The van der Waals surface area contributed by atoms with Crippen LogP contribution in [0.2, 0.25) is 0 Å². The standard InChI is InChI=1S/C46H64N8O4/c55-45(56)25-17-13-23(14-18-25)27-21-22-34-36(35(27)24-15-19-26(20-16-24)46(57)58)44-53-42-33-12-6-5-11-32(33)40(51-42)49-38-29-8-2-1-7-28(29)37(47-38)48-39-30-9-3-4-10-31(30)41(50-39)52-43(34)54-44/h13-20,27-44,47-54H,1-12,21-22H2,(H,55,56)(H,57,58). The average molecular weight is 793 g/mol. The molecule has 9 aliphatic rings. The Labute approximate surface area is 342 Å². The van der Waals surface area contributed by atoms with E-state index in [-0.39, 0.29) is 60.9 Å². The highest BCUT2D eigenvalue weighted by atomic mass is 16.4. The summed E-state index contributed by atoms with van der Waals surface area (Å²) in [5.41, 5.74) is 2.90. The van der Waals surface area contributed by atoms with E-state index in [2.05, 4.69) is 54.7 Å². The molecular weight excluding hydrogens is 729 g/mol. The van der Waals surface area contributed by atoms with E-state index in [0.29, 0.717) is 58.7 Å². The second-order valence-corrected chi connectivity index (χ2v) is 19.8. The summed E-state index contributed by atoms with van der Waals surface area (Å²) in [5, 5.41) is 53.6. The lowest BCUT2D eigenvalue weighted by molar-refractivity contribution is 0.0686. The molecule has 10 N–H and O–H groups in total. The molecule has 4 aliphatic carbocycles. The molecule has 18 atom stereocenters. The van der Waals surface area contributed by atoms with Gasteiger partial charge in [0, 0.05) is 5.92 Å². The molecule has 312 valence electrons. The van der Waals surface area contributed by atoms with Crippen molar-refractivity contribution in [1.82, 2.24) is 42.5 Å². The van der Waals surface area contributed by atoms with Gasteiger partial charge < -0.3 is 10.2 Å². The smallest absolute Gasteiger partial charge is 0.335 e. The molecule has 5 heterocycles. The molecule has 5 saturated heterocycles. The van der Waals surface area contributed by atoms with Crippen molar-refractivity contribution >= 4 is 11.9 Å². The average Bonchev–Trinajstić information content (AvgIpc) is 3.99. The molecule has 0 aromatic heterocycles. The number of benzene rings is 2. The molecular formula is C46H64N8O4. The van der Waals surface area contributed by atoms with E-state index >= 15 is 0 Å². The minimum absolute atomic E-state index is 0.00802. The topological polar surface area (TPSA) is 171 Å². The summed E-state index contributed by atoms with van der Waals surface area (Å²) in [6, 6.07) is 15.2. The normalized spacial score (nSPS) is 45.7. The van der Waals surface area contributed by atoms with E-state index in [1.165, 1.54) is 77.0 Å². The maximum absolute atomic E-state index is 12.0. The fourth-order valence-electron chi connectivity index (χ4n) is 14.6. The van der Waals surface area contributed by atoms with Gasteiger partial charge >= 0.3 is 11.9 Å². The number of aromatic carboxylic acids is 2. The first kappa shape index (κ1) is 38.0. The van der Waals surface area contributed by atoms with Crippen molar-refractivity contribution in [2.75, 3.05) is 0 Å². The van der Waals surface area contributed by atoms with Gasteiger partial charge in [0.15, 0.2) is 0 Å².